The lowest BCUT2D eigenvalue weighted by Gasteiger charge is -2.28. The molecule has 9 heteroatoms. The molecule has 0 aliphatic heterocycles. The Morgan fingerprint density at radius 1 is 0.542 bits per heavy atom. The minimum absolute atomic E-state index is 0.00439. The third-order valence-corrected chi connectivity index (χ3v) is 10.1. The van der Waals surface area contributed by atoms with Gasteiger partial charge in [0.15, 0.2) is 0 Å². The molecule has 0 rings (SSSR count). The molecule has 0 aromatic heterocycles. The van der Waals surface area contributed by atoms with Crippen LogP contribution < -0.4 is 4.89 Å². The highest BCUT2D eigenvalue weighted by atomic mass is 31.2. The maximum Gasteiger partial charge on any atom is 0.306 e. The van der Waals surface area contributed by atoms with E-state index in [1.807, 2.05) is 21.1 Å². The second-order valence-corrected chi connectivity index (χ2v) is 17.4. The molecule has 0 aromatic carbocycles. The zero-order valence-corrected chi connectivity index (χ0v) is 39.1. The average Bonchev–Trinajstić information content (AvgIpc) is 3.19. The molecule has 0 aromatic rings. The van der Waals surface area contributed by atoms with Crippen molar-refractivity contribution in [1.82, 2.24) is 0 Å². The van der Waals surface area contributed by atoms with Crippen molar-refractivity contribution in [2.45, 2.75) is 161 Å². The first-order chi connectivity index (χ1) is 28.6. The number of hydrogen-bond donors (Lipinski definition) is 0. The Morgan fingerprint density at radius 3 is 1.47 bits per heavy atom. The molecule has 0 radical (unpaired) electrons. The molecule has 0 heterocycles. The van der Waals surface area contributed by atoms with Gasteiger partial charge in [0.1, 0.15) is 19.3 Å². The number of esters is 1. The number of likely N-dealkylation sites (N-methyl/N-ethyl adjacent to an activating group) is 1. The standard InChI is InChI=1S/C50H86NO7P/c1-6-8-10-12-14-16-18-20-22-24-25-26-27-28-29-31-33-35-37-39-41-43-50(52)58-49(48-57-59(53,54)56-46-44-51(3,4)5)47-55-45-42-40-38-36-34-32-30-23-21-19-17-15-13-11-9-7-2/h9,11,15,17-18,20-21,23-25,27-28,32,34,38,40,49H,6-8,10,12-14,16,19,22,26,29-31,33,35-37,39,41-48H2,1-5H3/b11-9-,17-15-,20-18-,23-21-,25-24-,28-27-,34-32-,40-38-. The lowest BCUT2D eigenvalue weighted by molar-refractivity contribution is -0.870. The number of phosphoric ester groups is 1. The predicted molar refractivity (Wildman–Crippen MR) is 249 cm³/mol. The average molecular weight is 844 g/mol. The Bertz CT molecular complexity index is 1260. The first kappa shape index (κ1) is 56.4. The Hall–Kier alpha value is -2.58. The summed E-state index contributed by atoms with van der Waals surface area (Å²) in [5, 5.41) is 0. The minimum Gasteiger partial charge on any atom is -0.756 e. The van der Waals surface area contributed by atoms with Crippen LogP contribution in [0.3, 0.4) is 0 Å². The summed E-state index contributed by atoms with van der Waals surface area (Å²) in [5.41, 5.74) is 0. The molecule has 0 amide bonds. The van der Waals surface area contributed by atoms with Crippen molar-refractivity contribution in [2.75, 3.05) is 54.1 Å². The molecule has 338 valence electrons. The van der Waals surface area contributed by atoms with E-state index in [0.717, 1.165) is 77.0 Å². The number of unbranched alkanes of at least 4 members (excludes halogenated alkanes) is 11. The molecule has 0 saturated carbocycles. The van der Waals surface area contributed by atoms with Crippen LogP contribution in [0.2, 0.25) is 0 Å². The Balaban J connectivity index is 4.36. The first-order valence-electron chi connectivity index (χ1n) is 23.0. The summed E-state index contributed by atoms with van der Waals surface area (Å²) in [6.45, 7) is 5.01. The minimum atomic E-state index is -4.56. The quantitative estimate of drug-likeness (QED) is 0.0199. The molecule has 2 unspecified atom stereocenters. The number of allylic oxidation sites excluding steroid dienone is 15. The first-order valence-corrected chi connectivity index (χ1v) is 24.4. The number of nitrogens with zero attached hydrogens (tertiary/aromatic N) is 1. The summed E-state index contributed by atoms with van der Waals surface area (Å²) in [7, 11) is 1.28. The number of rotatable bonds is 41. The third-order valence-electron chi connectivity index (χ3n) is 9.14. The van der Waals surface area contributed by atoms with E-state index < -0.39 is 13.9 Å². The van der Waals surface area contributed by atoms with Crippen LogP contribution in [0.4, 0.5) is 0 Å². The van der Waals surface area contributed by atoms with Gasteiger partial charge in [0, 0.05) is 6.42 Å². The number of hydrogen-bond acceptors (Lipinski definition) is 7. The maximum atomic E-state index is 12.7. The van der Waals surface area contributed by atoms with Gasteiger partial charge in [-0.25, -0.2) is 0 Å². The molecular weight excluding hydrogens is 758 g/mol. The predicted octanol–water partition coefficient (Wildman–Crippen LogP) is 13.2. The van der Waals surface area contributed by atoms with Gasteiger partial charge in [-0.3, -0.25) is 9.36 Å². The van der Waals surface area contributed by atoms with Crippen LogP contribution in [0.15, 0.2) is 97.2 Å². The van der Waals surface area contributed by atoms with Crippen molar-refractivity contribution in [2.24, 2.45) is 0 Å². The van der Waals surface area contributed by atoms with Crippen LogP contribution in [-0.2, 0) is 27.9 Å². The van der Waals surface area contributed by atoms with Gasteiger partial charge in [-0.15, -0.1) is 0 Å². The zero-order chi connectivity index (χ0) is 43.4. The van der Waals surface area contributed by atoms with Gasteiger partial charge in [0.2, 0.25) is 0 Å². The fraction of sp³-hybridized carbons (Fsp3) is 0.660. The lowest BCUT2D eigenvalue weighted by Crippen LogP contribution is -2.37. The van der Waals surface area contributed by atoms with Crippen LogP contribution in [0.1, 0.15) is 155 Å². The maximum absolute atomic E-state index is 12.7. The number of carbonyl (C=O) groups excluding carboxylic acids is 1. The highest BCUT2D eigenvalue weighted by Gasteiger charge is 2.20. The van der Waals surface area contributed by atoms with E-state index in [1.54, 1.807) is 0 Å². The van der Waals surface area contributed by atoms with Gasteiger partial charge in [0.25, 0.3) is 7.82 Å². The molecule has 59 heavy (non-hydrogen) atoms. The monoisotopic (exact) mass is 844 g/mol. The highest BCUT2D eigenvalue weighted by Crippen LogP contribution is 2.38. The van der Waals surface area contributed by atoms with Gasteiger partial charge < -0.3 is 27.9 Å². The van der Waals surface area contributed by atoms with E-state index in [-0.39, 0.29) is 32.2 Å². The lowest BCUT2D eigenvalue weighted by atomic mass is 10.1. The van der Waals surface area contributed by atoms with Crippen molar-refractivity contribution in [3.05, 3.63) is 97.2 Å². The van der Waals surface area contributed by atoms with Gasteiger partial charge in [-0.1, -0.05) is 162 Å². The van der Waals surface area contributed by atoms with Gasteiger partial charge in [0.05, 0.1) is 41.0 Å². The summed E-state index contributed by atoms with van der Waals surface area (Å²) >= 11 is 0. The number of phosphoric acid groups is 1. The molecule has 0 saturated heterocycles. The molecule has 0 aliphatic rings. The number of ether oxygens (including phenoxy) is 2. The largest absolute Gasteiger partial charge is 0.756 e. The second-order valence-electron chi connectivity index (χ2n) is 16.0. The summed E-state index contributed by atoms with van der Waals surface area (Å²) in [6.07, 6.45) is 57.3. The van der Waals surface area contributed by atoms with Crippen LogP contribution >= 0.6 is 7.82 Å². The molecule has 8 nitrogen and oxygen atoms in total. The highest BCUT2D eigenvalue weighted by molar-refractivity contribution is 7.45. The van der Waals surface area contributed by atoms with Crippen molar-refractivity contribution in [3.63, 3.8) is 0 Å². The molecule has 0 bridgehead atoms. The summed E-state index contributed by atoms with van der Waals surface area (Å²) < 4.78 is 34.5. The normalized spacial score (nSPS) is 14.6. The Morgan fingerprint density at radius 2 is 0.983 bits per heavy atom. The Kier molecular flexibility index (Phi) is 40.3. The summed E-state index contributed by atoms with van der Waals surface area (Å²) in [6, 6.07) is 0. The van der Waals surface area contributed by atoms with Crippen LogP contribution in [-0.4, -0.2) is 70.7 Å². The Labute approximate surface area is 362 Å². The van der Waals surface area contributed by atoms with Gasteiger partial charge in [-0.05, 0) is 83.5 Å². The molecule has 0 fully saturated rings. The van der Waals surface area contributed by atoms with E-state index in [1.165, 1.54) is 51.4 Å². The molecule has 0 aliphatic carbocycles. The van der Waals surface area contributed by atoms with Crippen molar-refractivity contribution >= 4 is 13.8 Å². The van der Waals surface area contributed by atoms with Crippen LogP contribution in [0.5, 0.6) is 0 Å². The van der Waals surface area contributed by atoms with Crippen molar-refractivity contribution in [1.29, 1.82) is 0 Å². The second kappa shape index (κ2) is 42.1. The summed E-state index contributed by atoms with van der Waals surface area (Å²) in [5.74, 6) is -0.375. The van der Waals surface area contributed by atoms with Crippen molar-refractivity contribution < 1.29 is 37.3 Å². The number of carbonyl (C=O) groups is 1. The fourth-order valence-corrected chi connectivity index (χ4v) is 6.34. The number of quaternary nitrogens is 1. The van der Waals surface area contributed by atoms with E-state index in [9.17, 15) is 14.3 Å². The SMILES string of the molecule is CC/C=C\C/C=C\C/C=C\C/C=C\C/C=C\CCOCC(COP(=O)([O-])OCC[N+](C)(C)C)OC(=O)CCCCCCCC/C=C\C/C=C\C/C=C\CCCCCCC. The molecule has 0 N–H and O–H groups in total. The molecular formula is C50H86NO7P. The van der Waals surface area contributed by atoms with Crippen LogP contribution in [0, 0.1) is 0 Å². The third kappa shape index (κ3) is 46.3. The summed E-state index contributed by atoms with van der Waals surface area (Å²) in [4.78, 5) is 25.1. The van der Waals surface area contributed by atoms with Gasteiger partial charge in [-0.2, -0.15) is 0 Å². The van der Waals surface area contributed by atoms with E-state index in [2.05, 4.69) is 111 Å². The van der Waals surface area contributed by atoms with Crippen molar-refractivity contribution in [3.8, 4) is 0 Å². The van der Waals surface area contributed by atoms with E-state index >= 15 is 0 Å². The van der Waals surface area contributed by atoms with E-state index in [0.29, 0.717) is 24.1 Å². The zero-order valence-electron chi connectivity index (χ0n) is 38.2. The fourth-order valence-electron chi connectivity index (χ4n) is 5.62. The van der Waals surface area contributed by atoms with Crippen LogP contribution in [0.25, 0.3) is 0 Å². The molecule has 2 atom stereocenters. The van der Waals surface area contributed by atoms with E-state index in [4.69, 9.17) is 18.5 Å². The molecule has 0 spiro atoms. The smallest absolute Gasteiger partial charge is 0.306 e. The topological polar surface area (TPSA) is 94.1 Å². The van der Waals surface area contributed by atoms with Gasteiger partial charge >= 0.3 is 5.97 Å².